The number of benzene rings is 3. The Bertz CT molecular complexity index is 1220. The molecule has 2 unspecified atom stereocenters. The molecule has 0 aliphatic carbocycles. The Morgan fingerprint density at radius 1 is 0.784 bits per heavy atom. The highest BCUT2D eigenvalue weighted by atomic mass is 19.4. The Kier molecular flexibility index (Phi) is 8.38. The first-order chi connectivity index (χ1) is 17.5. The van der Waals surface area contributed by atoms with Crippen molar-refractivity contribution in [2.75, 3.05) is 13.1 Å². The molecule has 2 atom stereocenters. The van der Waals surface area contributed by atoms with E-state index in [1.54, 1.807) is 6.07 Å². The number of alkyl halides is 6. The van der Waals surface area contributed by atoms with Gasteiger partial charge in [-0.15, -0.1) is 0 Å². The van der Waals surface area contributed by atoms with Crippen molar-refractivity contribution in [3.63, 3.8) is 0 Å². The van der Waals surface area contributed by atoms with E-state index < -0.39 is 23.5 Å². The maximum Gasteiger partial charge on any atom is 0.416 e. The van der Waals surface area contributed by atoms with Gasteiger partial charge in [-0.2, -0.15) is 26.3 Å². The number of nitrogens with zero attached hydrogens (tertiary/aromatic N) is 1. The smallest absolute Gasteiger partial charge is 0.355 e. The fourth-order valence-corrected chi connectivity index (χ4v) is 5.23. The molecule has 37 heavy (non-hydrogen) atoms. The summed E-state index contributed by atoms with van der Waals surface area (Å²) in [5.41, 5.74) is -1.04. The molecule has 0 N–H and O–H groups in total. The first-order valence-electron chi connectivity index (χ1n) is 13.1. The van der Waals surface area contributed by atoms with Crippen LogP contribution in [0.3, 0.4) is 0 Å². The fraction of sp³-hybridized carbons (Fsp3) is 0.517. The van der Waals surface area contributed by atoms with Gasteiger partial charge in [-0.3, -0.25) is 4.90 Å². The lowest BCUT2D eigenvalue weighted by atomic mass is 9.90. The van der Waals surface area contributed by atoms with Crippen molar-refractivity contribution in [2.45, 2.75) is 83.5 Å². The van der Waals surface area contributed by atoms with Crippen LogP contribution in [0.1, 0.15) is 81.6 Å². The summed E-state index contributed by atoms with van der Waals surface area (Å²) in [6.07, 6.45) is -2.80. The molecule has 3 aromatic rings. The minimum atomic E-state index is -4.61. The summed E-state index contributed by atoms with van der Waals surface area (Å²) in [4.78, 5) is 2.34. The van der Waals surface area contributed by atoms with E-state index in [0.717, 1.165) is 81.4 Å². The molecule has 2 nitrogen and oxygen atoms in total. The third kappa shape index (κ3) is 6.23. The first-order valence-corrected chi connectivity index (χ1v) is 13.1. The molecular weight excluding hydrogens is 492 g/mol. The molecule has 1 fully saturated rings. The zero-order chi connectivity index (χ0) is 26.8. The summed E-state index contributed by atoms with van der Waals surface area (Å²) in [5.74, 6) is 0. The third-order valence-electron chi connectivity index (χ3n) is 7.25. The van der Waals surface area contributed by atoms with Crippen molar-refractivity contribution >= 4 is 21.5 Å². The van der Waals surface area contributed by atoms with Gasteiger partial charge in [0.15, 0.2) is 0 Å². The molecule has 0 bridgehead atoms. The number of hydrogen-bond acceptors (Lipinski definition) is 2. The second kappa shape index (κ2) is 11.2. The lowest BCUT2D eigenvalue weighted by Crippen LogP contribution is -2.44. The van der Waals surface area contributed by atoms with Crippen LogP contribution in [0.15, 0.2) is 42.5 Å². The molecule has 0 saturated carbocycles. The van der Waals surface area contributed by atoms with Gasteiger partial charge >= 0.3 is 12.4 Å². The topological polar surface area (TPSA) is 12.5 Å². The first kappa shape index (κ1) is 27.7. The van der Waals surface area contributed by atoms with E-state index in [9.17, 15) is 26.3 Å². The number of ether oxygens (including phenoxy) is 1. The molecule has 3 aromatic carbocycles. The summed E-state index contributed by atoms with van der Waals surface area (Å²) in [5, 5.41) is 1.28. The molecule has 4 rings (SSSR count). The maximum absolute atomic E-state index is 13.6. The van der Waals surface area contributed by atoms with Crippen molar-refractivity contribution in [1.29, 1.82) is 0 Å². The van der Waals surface area contributed by atoms with E-state index >= 15 is 0 Å². The SMILES string of the molecule is CCCCCC1OC(c2cc3ccc(C(F)(F)F)cc3c3cc(C(F)(F)F)ccc23)CCN1CCCC. The summed E-state index contributed by atoms with van der Waals surface area (Å²) >= 11 is 0. The largest absolute Gasteiger partial charge is 0.416 e. The van der Waals surface area contributed by atoms with E-state index in [4.69, 9.17) is 4.74 Å². The highest BCUT2D eigenvalue weighted by Crippen LogP contribution is 2.42. The van der Waals surface area contributed by atoms with E-state index in [1.165, 1.54) is 12.1 Å². The molecule has 0 aromatic heterocycles. The number of fused-ring (bicyclic) bond motifs is 3. The Labute approximate surface area is 213 Å². The average Bonchev–Trinajstić information content (AvgIpc) is 2.85. The van der Waals surface area contributed by atoms with E-state index in [0.29, 0.717) is 17.2 Å². The monoisotopic (exact) mass is 525 g/mol. The van der Waals surface area contributed by atoms with Crippen LogP contribution in [0.5, 0.6) is 0 Å². The Balaban J connectivity index is 1.80. The molecule has 202 valence electrons. The standard InChI is InChI=1S/C29H33F6NO/c1-3-5-7-8-27-36(14-6-4-2)15-13-26(37-27)25-16-19-9-10-20(28(30,31)32)17-23(19)24-18-21(29(33,34)35)11-12-22(24)25/h9-12,16-18,26-27H,3-8,13-15H2,1-2H3. The van der Waals surface area contributed by atoms with Crippen LogP contribution >= 0.6 is 0 Å². The molecule has 1 saturated heterocycles. The minimum Gasteiger partial charge on any atom is -0.355 e. The highest BCUT2D eigenvalue weighted by molar-refractivity contribution is 6.09. The van der Waals surface area contributed by atoms with Gasteiger partial charge < -0.3 is 4.74 Å². The van der Waals surface area contributed by atoms with Gasteiger partial charge in [-0.25, -0.2) is 0 Å². The molecule has 1 aliphatic rings. The van der Waals surface area contributed by atoms with Crippen LogP contribution in [0.2, 0.25) is 0 Å². The minimum absolute atomic E-state index is 0.0929. The summed E-state index contributed by atoms with van der Waals surface area (Å²) in [6, 6.07) is 8.41. The molecule has 1 heterocycles. The van der Waals surface area contributed by atoms with Crippen molar-refractivity contribution in [2.24, 2.45) is 0 Å². The number of halogens is 6. The van der Waals surface area contributed by atoms with Crippen LogP contribution in [-0.4, -0.2) is 24.2 Å². The van der Waals surface area contributed by atoms with Gasteiger partial charge in [0.1, 0.15) is 6.23 Å². The van der Waals surface area contributed by atoms with Gasteiger partial charge in [0.25, 0.3) is 0 Å². The van der Waals surface area contributed by atoms with Gasteiger partial charge in [0.05, 0.1) is 17.2 Å². The zero-order valence-corrected chi connectivity index (χ0v) is 21.2. The van der Waals surface area contributed by atoms with Crippen molar-refractivity contribution in [3.8, 4) is 0 Å². The van der Waals surface area contributed by atoms with E-state index in [-0.39, 0.29) is 23.1 Å². The third-order valence-corrected chi connectivity index (χ3v) is 7.25. The van der Waals surface area contributed by atoms with E-state index in [1.807, 2.05) is 0 Å². The second-order valence-electron chi connectivity index (χ2n) is 9.91. The summed E-state index contributed by atoms with van der Waals surface area (Å²) < 4.78 is 87.6. The molecular formula is C29H33F6NO. The van der Waals surface area contributed by atoms with E-state index in [2.05, 4.69) is 18.7 Å². The van der Waals surface area contributed by atoms with Crippen LogP contribution < -0.4 is 0 Å². The number of unbranched alkanes of at least 4 members (excludes halogenated alkanes) is 3. The number of hydrogen-bond donors (Lipinski definition) is 0. The lowest BCUT2D eigenvalue weighted by Gasteiger charge is -2.40. The molecule has 0 radical (unpaired) electrons. The second-order valence-corrected chi connectivity index (χ2v) is 9.91. The van der Waals surface area contributed by atoms with Crippen molar-refractivity contribution in [1.82, 2.24) is 4.90 Å². The van der Waals surface area contributed by atoms with Gasteiger partial charge in [0, 0.05) is 13.1 Å². The number of rotatable bonds is 8. The quantitative estimate of drug-likeness (QED) is 0.165. The molecule has 0 amide bonds. The van der Waals surface area contributed by atoms with Crippen LogP contribution in [0, 0.1) is 0 Å². The predicted octanol–water partition coefficient (Wildman–Crippen LogP) is 9.50. The van der Waals surface area contributed by atoms with Crippen LogP contribution in [0.25, 0.3) is 21.5 Å². The molecule has 8 heteroatoms. The summed E-state index contributed by atoms with van der Waals surface area (Å²) in [7, 11) is 0. The van der Waals surface area contributed by atoms with Gasteiger partial charge in [-0.1, -0.05) is 45.2 Å². The fourth-order valence-electron chi connectivity index (χ4n) is 5.23. The summed E-state index contributed by atoms with van der Waals surface area (Å²) in [6.45, 7) is 6.00. The molecule has 0 spiro atoms. The van der Waals surface area contributed by atoms with Crippen LogP contribution in [-0.2, 0) is 17.1 Å². The average molecular weight is 526 g/mol. The van der Waals surface area contributed by atoms with Gasteiger partial charge in [-0.05, 0) is 83.1 Å². The lowest BCUT2D eigenvalue weighted by molar-refractivity contribution is -0.145. The molecule has 1 aliphatic heterocycles. The van der Waals surface area contributed by atoms with Crippen LogP contribution in [0.4, 0.5) is 26.3 Å². The highest BCUT2D eigenvalue weighted by Gasteiger charge is 2.34. The Morgan fingerprint density at radius 2 is 1.43 bits per heavy atom. The van der Waals surface area contributed by atoms with Gasteiger partial charge in [0.2, 0.25) is 0 Å². The Hall–Kier alpha value is -2.32. The normalized spacial score (nSPS) is 19.7. The Morgan fingerprint density at radius 3 is 2.08 bits per heavy atom. The predicted molar refractivity (Wildman–Crippen MR) is 134 cm³/mol. The maximum atomic E-state index is 13.6. The zero-order valence-electron chi connectivity index (χ0n) is 21.2. The van der Waals surface area contributed by atoms with Crippen molar-refractivity contribution in [3.05, 3.63) is 59.2 Å². The van der Waals surface area contributed by atoms with Crippen molar-refractivity contribution < 1.29 is 31.1 Å².